The first kappa shape index (κ1) is 34.9. The van der Waals surface area contributed by atoms with Crippen molar-refractivity contribution in [3.8, 4) is 22.6 Å². The molecule has 0 aliphatic carbocycles. The van der Waals surface area contributed by atoms with Gasteiger partial charge in [-0.25, -0.2) is 0 Å². The molecular weight excluding hydrogens is 751 g/mol. The van der Waals surface area contributed by atoms with Gasteiger partial charge in [0.1, 0.15) is 11.3 Å². The Kier molecular flexibility index (Phi) is 11.8. The molecule has 0 amide bonds. The zero-order valence-electron chi connectivity index (χ0n) is 27.4. The second kappa shape index (κ2) is 15.5. The van der Waals surface area contributed by atoms with Gasteiger partial charge in [-0.2, -0.15) is 0 Å². The summed E-state index contributed by atoms with van der Waals surface area (Å²) in [4.78, 5) is 16.4. The average Bonchev–Trinajstić information content (AvgIpc) is 3.63. The first-order chi connectivity index (χ1) is 21.8. The molecule has 3 aromatic heterocycles. The summed E-state index contributed by atoms with van der Waals surface area (Å²) in [7, 11) is 0. The fraction of sp³-hybridized carbons (Fsp3) is 0.300. The number of aromatic nitrogens is 1. The number of pyridine rings is 1. The number of hydrogen-bond acceptors (Lipinski definition) is 5. The summed E-state index contributed by atoms with van der Waals surface area (Å²) < 4.78 is 12.3. The van der Waals surface area contributed by atoms with Gasteiger partial charge < -0.3 is 13.9 Å². The van der Waals surface area contributed by atoms with Gasteiger partial charge in [0.25, 0.3) is 0 Å². The standard InChI is InChI=1S/C27H18NO2.C13H24O2.Ir/c1-16-17(2)29-27-22(13-18-7-3-5-9-21(18)26(16)27)23-14-20(11-12-28-23)25-15-19-8-4-6-10-24(19)30-25;1-5-10(6-2)12(14)9-13(15)11(7-3)8-4;/h3-12,14-15H,1-2H3;9-11,14H,5-8H2,1-4H3;/q-1;;/b;12-9-;. The minimum atomic E-state index is 0. The first-order valence-corrected chi connectivity index (χ1v) is 16.0. The fourth-order valence-electron chi connectivity index (χ4n) is 5.93. The molecule has 241 valence electrons. The molecule has 46 heavy (non-hydrogen) atoms. The van der Waals surface area contributed by atoms with Crippen LogP contribution in [-0.4, -0.2) is 15.9 Å². The minimum absolute atomic E-state index is 0. The summed E-state index contributed by atoms with van der Waals surface area (Å²) in [5.41, 5.74) is 5.53. The number of para-hydroxylation sites is 1. The van der Waals surface area contributed by atoms with Crippen LogP contribution in [0.15, 0.2) is 93.6 Å². The van der Waals surface area contributed by atoms with Crippen LogP contribution in [0, 0.1) is 31.7 Å². The number of aryl methyl sites for hydroxylation is 2. The maximum Gasteiger partial charge on any atom is 0.162 e. The molecule has 6 rings (SSSR count). The van der Waals surface area contributed by atoms with E-state index in [0.717, 1.165) is 92.3 Å². The molecule has 0 unspecified atom stereocenters. The Bertz CT molecular complexity index is 1940. The van der Waals surface area contributed by atoms with E-state index in [-0.39, 0.29) is 43.5 Å². The summed E-state index contributed by atoms with van der Waals surface area (Å²) in [5.74, 6) is 2.29. The smallest absolute Gasteiger partial charge is 0.162 e. The largest absolute Gasteiger partial charge is 0.512 e. The quantitative estimate of drug-likeness (QED) is 0.0896. The van der Waals surface area contributed by atoms with Gasteiger partial charge >= 0.3 is 0 Å². The number of aliphatic hydroxyl groups excluding tert-OH is 1. The SMILES string of the molecule is CCC(CC)C(=O)/C=C(\O)C(CC)CC.Cc1oc2c(-c3cc(-c4cc5ccccc5o4)ccn3)[c-]c3ccccc3c2c1C.[Ir]. The van der Waals surface area contributed by atoms with E-state index >= 15 is 0 Å². The summed E-state index contributed by atoms with van der Waals surface area (Å²) >= 11 is 0. The van der Waals surface area contributed by atoms with Gasteiger partial charge in [-0.3, -0.25) is 9.78 Å². The zero-order chi connectivity index (χ0) is 32.1. The number of furan rings is 2. The van der Waals surface area contributed by atoms with Gasteiger partial charge in [-0.15, -0.1) is 17.5 Å². The number of aliphatic hydroxyl groups is 1. The van der Waals surface area contributed by atoms with E-state index in [1.807, 2.05) is 77.2 Å². The van der Waals surface area contributed by atoms with E-state index in [1.54, 1.807) is 0 Å². The van der Waals surface area contributed by atoms with Crippen molar-refractivity contribution in [3.05, 3.63) is 102 Å². The van der Waals surface area contributed by atoms with Crippen LogP contribution in [-0.2, 0) is 24.9 Å². The molecule has 1 radical (unpaired) electrons. The molecule has 0 saturated carbocycles. The second-order valence-corrected chi connectivity index (χ2v) is 11.6. The van der Waals surface area contributed by atoms with E-state index in [4.69, 9.17) is 8.83 Å². The van der Waals surface area contributed by atoms with Gasteiger partial charge in [-0.05, 0) is 68.7 Å². The third kappa shape index (κ3) is 7.19. The molecule has 0 saturated heterocycles. The summed E-state index contributed by atoms with van der Waals surface area (Å²) in [5, 5.41) is 14.2. The summed E-state index contributed by atoms with van der Waals surface area (Å²) in [6, 6.07) is 26.0. The van der Waals surface area contributed by atoms with E-state index in [9.17, 15) is 9.90 Å². The van der Waals surface area contributed by atoms with Crippen LogP contribution in [0.25, 0.3) is 55.3 Å². The Morgan fingerprint density at radius 2 is 1.57 bits per heavy atom. The van der Waals surface area contributed by atoms with Crippen molar-refractivity contribution in [2.75, 3.05) is 0 Å². The number of carbonyl (C=O) groups is 1. The summed E-state index contributed by atoms with van der Waals surface area (Å²) in [6.45, 7) is 12.2. The maximum absolute atomic E-state index is 11.7. The third-order valence-corrected chi connectivity index (χ3v) is 8.88. The molecule has 5 nitrogen and oxygen atoms in total. The number of ketones is 1. The Hall–Kier alpha value is -3.99. The normalized spacial score (nSPS) is 11.7. The topological polar surface area (TPSA) is 76.5 Å². The monoisotopic (exact) mass is 793 g/mol. The molecule has 0 atom stereocenters. The number of fused-ring (bicyclic) bond motifs is 4. The third-order valence-electron chi connectivity index (χ3n) is 8.88. The van der Waals surface area contributed by atoms with E-state index < -0.39 is 0 Å². The van der Waals surface area contributed by atoms with Crippen molar-refractivity contribution in [3.63, 3.8) is 0 Å². The van der Waals surface area contributed by atoms with Crippen LogP contribution in [0.4, 0.5) is 0 Å². The van der Waals surface area contributed by atoms with Crippen LogP contribution >= 0.6 is 0 Å². The van der Waals surface area contributed by atoms with Gasteiger partial charge in [0.15, 0.2) is 5.78 Å². The van der Waals surface area contributed by atoms with Crippen LogP contribution in [0.1, 0.15) is 64.7 Å². The molecule has 0 aliphatic heterocycles. The van der Waals surface area contributed by atoms with Crippen molar-refractivity contribution >= 4 is 38.5 Å². The minimum Gasteiger partial charge on any atom is -0.512 e. The van der Waals surface area contributed by atoms with Gasteiger partial charge in [0.05, 0.1) is 17.1 Å². The molecule has 6 aromatic rings. The summed E-state index contributed by atoms with van der Waals surface area (Å²) in [6.07, 6.45) is 6.72. The number of carbonyl (C=O) groups excluding carboxylic acids is 1. The average molecular weight is 793 g/mol. The Morgan fingerprint density at radius 3 is 2.26 bits per heavy atom. The molecule has 0 bridgehead atoms. The van der Waals surface area contributed by atoms with Crippen molar-refractivity contribution < 1.29 is 38.8 Å². The second-order valence-electron chi connectivity index (χ2n) is 11.6. The molecule has 3 heterocycles. The van der Waals surface area contributed by atoms with E-state index in [0.29, 0.717) is 0 Å². The first-order valence-electron chi connectivity index (χ1n) is 16.0. The van der Waals surface area contributed by atoms with Gasteiger partial charge in [-0.1, -0.05) is 81.1 Å². The zero-order valence-corrected chi connectivity index (χ0v) is 29.8. The van der Waals surface area contributed by atoms with Gasteiger partial charge in [0, 0.05) is 60.9 Å². The van der Waals surface area contributed by atoms with E-state index in [1.165, 1.54) is 6.08 Å². The van der Waals surface area contributed by atoms with Crippen LogP contribution < -0.4 is 0 Å². The number of hydrogen-bond donors (Lipinski definition) is 1. The van der Waals surface area contributed by atoms with Crippen LogP contribution in [0.2, 0.25) is 0 Å². The number of allylic oxidation sites excluding steroid dienone is 2. The Balaban J connectivity index is 0.000000259. The Morgan fingerprint density at radius 1 is 0.891 bits per heavy atom. The molecule has 0 spiro atoms. The number of nitrogens with zero attached hydrogens (tertiary/aromatic N) is 1. The Labute approximate surface area is 285 Å². The fourth-order valence-corrected chi connectivity index (χ4v) is 5.93. The van der Waals surface area contributed by atoms with Gasteiger partial charge in [0.2, 0.25) is 0 Å². The van der Waals surface area contributed by atoms with Crippen molar-refractivity contribution in [2.24, 2.45) is 11.8 Å². The van der Waals surface area contributed by atoms with Crippen LogP contribution in [0.3, 0.4) is 0 Å². The van der Waals surface area contributed by atoms with Crippen molar-refractivity contribution in [1.82, 2.24) is 4.98 Å². The molecule has 0 aliphatic rings. The van der Waals surface area contributed by atoms with Crippen LogP contribution in [0.5, 0.6) is 0 Å². The predicted molar refractivity (Wildman–Crippen MR) is 184 cm³/mol. The molecule has 0 fully saturated rings. The molecule has 3 aromatic carbocycles. The predicted octanol–water partition coefficient (Wildman–Crippen LogP) is 11.3. The van der Waals surface area contributed by atoms with E-state index in [2.05, 4.69) is 48.3 Å². The number of benzene rings is 3. The van der Waals surface area contributed by atoms with Crippen molar-refractivity contribution in [1.29, 1.82) is 0 Å². The van der Waals surface area contributed by atoms with Crippen molar-refractivity contribution in [2.45, 2.75) is 67.2 Å². The number of rotatable bonds is 9. The molecular formula is C40H42IrNO4-. The maximum atomic E-state index is 11.7. The molecule has 6 heteroatoms. The molecule has 1 N–H and O–H groups in total.